The van der Waals surface area contributed by atoms with Crippen LogP contribution in [0.15, 0.2) is 18.2 Å². The van der Waals surface area contributed by atoms with Crippen LogP contribution in [-0.2, 0) is 0 Å². The molecule has 0 fully saturated rings. The molecule has 0 bridgehead atoms. The van der Waals surface area contributed by atoms with Gasteiger partial charge in [-0.15, -0.1) is 0 Å². The van der Waals surface area contributed by atoms with Gasteiger partial charge in [-0.25, -0.2) is 4.98 Å². The molecular weight excluding hydrogens is 150 g/mol. The third-order valence-corrected chi connectivity index (χ3v) is 1.46. The molecule has 66 valence electrons. The van der Waals surface area contributed by atoms with Crippen molar-refractivity contribution in [1.29, 1.82) is 0 Å². The summed E-state index contributed by atoms with van der Waals surface area (Å²) in [5.41, 5.74) is 5.51. The number of pyridine rings is 1. The number of nitrogens with one attached hydrogen (secondary N) is 1. The van der Waals surface area contributed by atoms with Crippen LogP contribution in [0.1, 0.15) is 13.8 Å². The summed E-state index contributed by atoms with van der Waals surface area (Å²) in [7, 11) is 0. The number of anilines is 2. The fourth-order valence-electron chi connectivity index (χ4n) is 0.859. The maximum Gasteiger partial charge on any atom is 0.128 e. The average molecular weight is 165 g/mol. The zero-order valence-corrected chi connectivity index (χ0v) is 7.54. The van der Waals surface area contributed by atoms with Gasteiger partial charge in [0.05, 0.1) is 0 Å². The Morgan fingerprint density at radius 1 is 1.50 bits per heavy atom. The standard InChI is InChI=1S/C9H15N3/c1-7(2)6-11-9-5-3-4-8(10)12-9/h3-5,7H,6H2,1-2H3,(H3,10,11,12). The maximum absolute atomic E-state index is 5.51. The summed E-state index contributed by atoms with van der Waals surface area (Å²) in [6.45, 7) is 5.23. The molecule has 0 aliphatic heterocycles. The molecule has 0 amide bonds. The highest BCUT2D eigenvalue weighted by atomic mass is 15.0. The molecule has 0 aromatic carbocycles. The van der Waals surface area contributed by atoms with Crippen molar-refractivity contribution in [3.63, 3.8) is 0 Å². The Morgan fingerprint density at radius 2 is 2.25 bits per heavy atom. The first-order valence-electron chi connectivity index (χ1n) is 4.15. The smallest absolute Gasteiger partial charge is 0.128 e. The van der Waals surface area contributed by atoms with Crippen molar-refractivity contribution in [2.75, 3.05) is 17.6 Å². The zero-order valence-electron chi connectivity index (χ0n) is 7.54. The molecule has 0 aliphatic carbocycles. The van der Waals surface area contributed by atoms with Crippen molar-refractivity contribution in [3.8, 4) is 0 Å². The Morgan fingerprint density at radius 3 is 2.83 bits per heavy atom. The van der Waals surface area contributed by atoms with Crippen LogP contribution in [0.4, 0.5) is 11.6 Å². The van der Waals surface area contributed by atoms with E-state index in [0.717, 1.165) is 12.4 Å². The van der Waals surface area contributed by atoms with Gasteiger partial charge < -0.3 is 11.1 Å². The number of nitrogens with two attached hydrogens (primary N) is 1. The highest BCUT2D eigenvalue weighted by molar-refractivity contribution is 5.42. The van der Waals surface area contributed by atoms with E-state index in [-0.39, 0.29) is 0 Å². The number of hydrogen-bond acceptors (Lipinski definition) is 3. The summed E-state index contributed by atoms with van der Waals surface area (Å²) < 4.78 is 0. The van der Waals surface area contributed by atoms with Gasteiger partial charge in [-0.2, -0.15) is 0 Å². The third kappa shape index (κ3) is 2.78. The Bertz CT molecular complexity index is 245. The van der Waals surface area contributed by atoms with Gasteiger partial charge in [0.1, 0.15) is 11.6 Å². The number of rotatable bonds is 3. The fourth-order valence-corrected chi connectivity index (χ4v) is 0.859. The number of nitrogen functional groups attached to an aromatic ring is 1. The molecule has 3 heteroatoms. The van der Waals surface area contributed by atoms with E-state index in [1.54, 1.807) is 6.07 Å². The van der Waals surface area contributed by atoms with Crippen LogP contribution in [0.25, 0.3) is 0 Å². The van der Waals surface area contributed by atoms with Crippen LogP contribution in [0.5, 0.6) is 0 Å². The molecule has 1 aromatic rings. The second-order valence-corrected chi connectivity index (χ2v) is 3.22. The Kier molecular flexibility index (Phi) is 2.91. The molecule has 3 N–H and O–H groups in total. The minimum absolute atomic E-state index is 0.559. The molecule has 0 unspecified atom stereocenters. The first-order chi connectivity index (χ1) is 5.68. The lowest BCUT2D eigenvalue weighted by Crippen LogP contribution is -2.09. The Labute approximate surface area is 73.0 Å². The normalized spacial score (nSPS) is 10.2. The van der Waals surface area contributed by atoms with E-state index in [1.165, 1.54) is 0 Å². The van der Waals surface area contributed by atoms with E-state index in [4.69, 9.17) is 5.73 Å². The van der Waals surface area contributed by atoms with E-state index < -0.39 is 0 Å². The van der Waals surface area contributed by atoms with Crippen molar-refractivity contribution >= 4 is 11.6 Å². The van der Waals surface area contributed by atoms with Gasteiger partial charge in [0.25, 0.3) is 0 Å². The number of nitrogens with zero attached hydrogens (tertiary/aromatic N) is 1. The Balaban J connectivity index is 2.52. The predicted molar refractivity (Wildman–Crippen MR) is 52.0 cm³/mol. The second-order valence-electron chi connectivity index (χ2n) is 3.22. The fraction of sp³-hybridized carbons (Fsp3) is 0.444. The van der Waals surface area contributed by atoms with E-state index in [1.807, 2.05) is 12.1 Å². The van der Waals surface area contributed by atoms with E-state index in [0.29, 0.717) is 11.7 Å². The number of aromatic nitrogens is 1. The molecule has 0 aliphatic rings. The van der Waals surface area contributed by atoms with Crippen molar-refractivity contribution < 1.29 is 0 Å². The minimum Gasteiger partial charge on any atom is -0.384 e. The molecular formula is C9H15N3. The molecule has 1 aromatic heterocycles. The first kappa shape index (κ1) is 8.84. The zero-order chi connectivity index (χ0) is 8.97. The van der Waals surface area contributed by atoms with Crippen molar-refractivity contribution in [3.05, 3.63) is 18.2 Å². The summed E-state index contributed by atoms with van der Waals surface area (Å²) in [5, 5.41) is 3.19. The van der Waals surface area contributed by atoms with Gasteiger partial charge >= 0.3 is 0 Å². The molecule has 0 saturated carbocycles. The molecule has 1 rings (SSSR count). The van der Waals surface area contributed by atoms with Crippen molar-refractivity contribution in [2.45, 2.75) is 13.8 Å². The van der Waals surface area contributed by atoms with Crippen LogP contribution in [-0.4, -0.2) is 11.5 Å². The van der Waals surface area contributed by atoms with Gasteiger partial charge in [0, 0.05) is 6.54 Å². The highest BCUT2D eigenvalue weighted by Gasteiger charge is 1.95. The van der Waals surface area contributed by atoms with E-state index in [9.17, 15) is 0 Å². The maximum atomic E-state index is 5.51. The lowest BCUT2D eigenvalue weighted by Gasteiger charge is -2.07. The summed E-state index contributed by atoms with van der Waals surface area (Å²) in [5.74, 6) is 2.03. The van der Waals surface area contributed by atoms with Gasteiger partial charge in [-0.1, -0.05) is 19.9 Å². The molecule has 1 heterocycles. The SMILES string of the molecule is CC(C)CNc1cccc(N)n1. The topological polar surface area (TPSA) is 50.9 Å². The van der Waals surface area contributed by atoms with Gasteiger partial charge in [0.2, 0.25) is 0 Å². The molecule has 0 radical (unpaired) electrons. The largest absolute Gasteiger partial charge is 0.384 e. The molecule has 3 nitrogen and oxygen atoms in total. The third-order valence-electron chi connectivity index (χ3n) is 1.46. The summed E-state index contributed by atoms with van der Waals surface area (Å²) >= 11 is 0. The molecule has 0 spiro atoms. The van der Waals surface area contributed by atoms with E-state index >= 15 is 0 Å². The van der Waals surface area contributed by atoms with Gasteiger partial charge in [-0.05, 0) is 18.1 Å². The van der Waals surface area contributed by atoms with Crippen LogP contribution in [0.3, 0.4) is 0 Å². The summed E-state index contributed by atoms with van der Waals surface area (Å²) in [6, 6.07) is 5.59. The highest BCUT2D eigenvalue weighted by Crippen LogP contribution is 2.06. The van der Waals surface area contributed by atoms with Crippen LogP contribution < -0.4 is 11.1 Å². The molecule has 12 heavy (non-hydrogen) atoms. The van der Waals surface area contributed by atoms with Crippen LogP contribution in [0.2, 0.25) is 0 Å². The van der Waals surface area contributed by atoms with E-state index in [2.05, 4.69) is 24.1 Å². The lowest BCUT2D eigenvalue weighted by molar-refractivity contribution is 0.687. The average Bonchev–Trinajstić information content (AvgIpc) is 2.01. The van der Waals surface area contributed by atoms with Crippen LogP contribution in [0, 0.1) is 5.92 Å². The molecule has 0 atom stereocenters. The monoisotopic (exact) mass is 165 g/mol. The Hall–Kier alpha value is -1.25. The number of hydrogen-bond donors (Lipinski definition) is 2. The predicted octanol–water partition coefficient (Wildman–Crippen LogP) is 1.73. The summed E-state index contributed by atoms with van der Waals surface area (Å²) in [6.07, 6.45) is 0. The van der Waals surface area contributed by atoms with Crippen molar-refractivity contribution in [2.24, 2.45) is 5.92 Å². The van der Waals surface area contributed by atoms with Gasteiger partial charge in [0.15, 0.2) is 0 Å². The lowest BCUT2D eigenvalue weighted by atomic mass is 10.2. The van der Waals surface area contributed by atoms with Crippen molar-refractivity contribution in [1.82, 2.24) is 4.98 Å². The second kappa shape index (κ2) is 3.95. The molecule has 0 saturated heterocycles. The summed E-state index contributed by atoms with van der Waals surface area (Å²) in [4.78, 5) is 4.11. The van der Waals surface area contributed by atoms with Crippen LogP contribution >= 0.6 is 0 Å². The van der Waals surface area contributed by atoms with Gasteiger partial charge in [-0.3, -0.25) is 0 Å². The minimum atomic E-state index is 0.559. The quantitative estimate of drug-likeness (QED) is 0.717. The first-order valence-corrected chi connectivity index (χ1v) is 4.15.